The van der Waals surface area contributed by atoms with Gasteiger partial charge in [0.1, 0.15) is 5.82 Å². The molecule has 0 bridgehead atoms. The molecule has 0 fully saturated rings. The van der Waals surface area contributed by atoms with Gasteiger partial charge in [-0.2, -0.15) is 0 Å². The third kappa shape index (κ3) is 8.33. The van der Waals surface area contributed by atoms with E-state index in [1.54, 1.807) is 19.1 Å². The quantitative estimate of drug-likeness (QED) is 0.254. The normalized spacial score (nSPS) is 12.8. The van der Waals surface area contributed by atoms with E-state index >= 15 is 0 Å². The second-order valence-electron chi connectivity index (χ2n) is 7.14. The number of aliphatic imine (C=N–C) groups is 1. The molecule has 0 saturated heterocycles. The summed E-state index contributed by atoms with van der Waals surface area (Å²) in [6.07, 6.45) is 0. The van der Waals surface area contributed by atoms with Crippen LogP contribution in [0.15, 0.2) is 23.2 Å². The molecule has 0 aliphatic rings. The topological polar surface area (TPSA) is 65.5 Å². The molecule has 0 aromatic heterocycles. The molecule has 5 nitrogen and oxygen atoms in total. The predicted molar refractivity (Wildman–Crippen MR) is 117 cm³/mol. The molecule has 1 amide bonds. The molecule has 0 saturated carbocycles. The highest BCUT2D eigenvalue weighted by Crippen LogP contribution is 2.16. The lowest BCUT2D eigenvalue weighted by Crippen LogP contribution is -2.40. The Balaban J connectivity index is 0.00000625. The largest absolute Gasteiger partial charge is 0.357 e. The highest BCUT2D eigenvalue weighted by Gasteiger charge is 2.20. The van der Waals surface area contributed by atoms with E-state index in [1.165, 1.54) is 0 Å². The Morgan fingerprint density at radius 2 is 1.92 bits per heavy atom. The van der Waals surface area contributed by atoms with Crippen molar-refractivity contribution in [2.24, 2.45) is 10.4 Å². The van der Waals surface area contributed by atoms with Crippen LogP contribution in [0.1, 0.15) is 51.8 Å². The highest BCUT2D eigenvalue weighted by atomic mass is 127. The average molecular weight is 478 g/mol. The molecule has 0 heterocycles. The molecular weight excluding hydrogens is 446 g/mol. The third-order valence-corrected chi connectivity index (χ3v) is 3.74. The van der Waals surface area contributed by atoms with Gasteiger partial charge in [0.2, 0.25) is 5.91 Å². The Morgan fingerprint density at radius 3 is 2.46 bits per heavy atom. The molecule has 1 rings (SSSR count). The summed E-state index contributed by atoms with van der Waals surface area (Å²) in [5.74, 6) is 0.433. The van der Waals surface area contributed by atoms with Gasteiger partial charge in [-0.1, -0.05) is 32.9 Å². The fourth-order valence-corrected chi connectivity index (χ4v) is 2.09. The minimum atomic E-state index is -0.406. The van der Waals surface area contributed by atoms with Crippen molar-refractivity contribution < 1.29 is 9.18 Å². The van der Waals surface area contributed by atoms with Crippen molar-refractivity contribution in [1.29, 1.82) is 0 Å². The first-order valence-electron chi connectivity index (χ1n) is 8.74. The lowest BCUT2D eigenvalue weighted by Gasteiger charge is -2.19. The van der Waals surface area contributed by atoms with Crippen LogP contribution in [0.3, 0.4) is 0 Å². The number of nitrogens with zero attached hydrogens (tertiary/aromatic N) is 1. The Kier molecular flexibility index (Phi) is 10.8. The van der Waals surface area contributed by atoms with Crippen LogP contribution in [0.5, 0.6) is 0 Å². The number of halogens is 2. The number of nitrogens with one attached hydrogen (secondary N) is 3. The minimum Gasteiger partial charge on any atom is -0.357 e. The summed E-state index contributed by atoms with van der Waals surface area (Å²) in [4.78, 5) is 16.3. The van der Waals surface area contributed by atoms with Crippen LogP contribution in [0.2, 0.25) is 0 Å². The molecule has 3 N–H and O–H groups in total. The predicted octanol–water partition coefficient (Wildman–Crippen LogP) is 3.53. The summed E-state index contributed by atoms with van der Waals surface area (Å²) >= 11 is 0. The summed E-state index contributed by atoms with van der Waals surface area (Å²) < 4.78 is 13.7. The van der Waals surface area contributed by atoms with Crippen LogP contribution in [-0.4, -0.2) is 31.5 Å². The van der Waals surface area contributed by atoms with Crippen molar-refractivity contribution in [2.45, 2.75) is 47.6 Å². The maximum atomic E-state index is 13.7. The van der Waals surface area contributed by atoms with Gasteiger partial charge in [-0.15, -0.1) is 24.0 Å². The SMILES string of the molecule is CCNC(=NCCNC(=O)C(C)(C)C)NC(C)c1ccc(C)c(F)c1.I. The molecular formula is C19H32FIN4O. The van der Waals surface area contributed by atoms with Crippen LogP contribution in [0.4, 0.5) is 4.39 Å². The maximum absolute atomic E-state index is 13.7. The van der Waals surface area contributed by atoms with Crippen LogP contribution >= 0.6 is 24.0 Å². The van der Waals surface area contributed by atoms with Crippen molar-refractivity contribution in [3.8, 4) is 0 Å². The minimum absolute atomic E-state index is 0. The zero-order valence-electron chi connectivity index (χ0n) is 16.6. The molecule has 7 heteroatoms. The number of benzene rings is 1. The Labute approximate surface area is 173 Å². The van der Waals surface area contributed by atoms with Crippen LogP contribution in [-0.2, 0) is 4.79 Å². The maximum Gasteiger partial charge on any atom is 0.225 e. The number of hydrogen-bond acceptors (Lipinski definition) is 2. The summed E-state index contributed by atoms with van der Waals surface area (Å²) in [7, 11) is 0. The number of carbonyl (C=O) groups is 1. The van der Waals surface area contributed by atoms with E-state index in [-0.39, 0.29) is 41.7 Å². The third-order valence-electron chi connectivity index (χ3n) is 3.74. The summed E-state index contributed by atoms with van der Waals surface area (Å²) in [6, 6.07) is 5.13. The number of guanidine groups is 1. The van der Waals surface area contributed by atoms with Crippen molar-refractivity contribution in [3.63, 3.8) is 0 Å². The zero-order chi connectivity index (χ0) is 19.0. The van der Waals surface area contributed by atoms with E-state index in [2.05, 4.69) is 20.9 Å². The van der Waals surface area contributed by atoms with Crippen LogP contribution in [0.25, 0.3) is 0 Å². The Morgan fingerprint density at radius 1 is 1.27 bits per heavy atom. The van der Waals surface area contributed by atoms with Gasteiger partial charge in [-0.25, -0.2) is 4.39 Å². The molecule has 1 atom stereocenters. The van der Waals surface area contributed by atoms with Gasteiger partial charge in [0, 0.05) is 18.5 Å². The number of carbonyl (C=O) groups excluding carboxylic acids is 1. The summed E-state index contributed by atoms with van der Waals surface area (Å²) in [5.41, 5.74) is 1.08. The molecule has 0 radical (unpaired) electrons. The molecule has 26 heavy (non-hydrogen) atoms. The lowest BCUT2D eigenvalue weighted by atomic mass is 9.96. The van der Waals surface area contributed by atoms with Gasteiger partial charge < -0.3 is 16.0 Å². The first kappa shape index (κ1) is 24.6. The molecule has 0 aliphatic heterocycles. The first-order valence-corrected chi connectivity index (χ1v) is 8.74. The average Bonchev–Trinajstić information content (AvgIpc) is 2.52. The second-order valence-corrected chi connectivity index (χ2v) is 7.14. The molecule has 0 aliphatic carbocycles. The number of hydrogen-bond donors (Lipinski definition) is 3. The van der Waals surface area contributed by atoms with E-state index in [9.17, 15) is 9.18 Å². The van der Waals surface area contributed by atoms with Crippen LogP contribution < -0.4 is 16.0 Å². The van der Waals surface area contributed by atoms with Crippen molar-refractivity contribution in [2.75, 3.05) is 19.6 Å². The Bertz CT molecular complexity index is 614. The fraction of sp³-hybridized carbons (Fsp3) is 0.579. The monoisotopic (exact) mass is 478 g/mol. The van der Waals surface area contributed by atoms with Gasteiger partial charge in [-0.3, -0.25) is 9.79 Å². The van der Waals surface area contributed by atoms with E-state index in [4.69, 9.17) is 0 Å². The standard InChI is InChI=1S/C19H31FN4O.HI/c1-7-21-18(23-11-10-22-17(25)19(4,5)6)24-14(3)15-9-8-13(2)16(20)12-15;/h8-9,12,14H,7,10-11H2,1-6H3,(H,22,25)(H2,21,23,24);1H. The number of amides is 1. The van der Waals surface area contributed by atoms with Crippen LogP contribution in [0, 0.1) is 18.2 Å². The first-order chi connectivity index (χ1) is 11.6. The molecule has 1 aromatic rings. The summed E-state index contributed by atoms with van der Waals surface area (Å²) in [5, 5.41) is 9.29. The smallest absolute Gasteiger partial charge is 0.225 e. The second kappa shape index (κ2) is 11.4. The van der Waals surface area contributed by atoms with Crippen molar-refractivity contribution in [3.05, 3.63) is 35.1 Å². The van der Waals surface area contributed by atoms with Gasteiger partial charge in [0.15, 0.2) is 5.96 Å². The molecule has 1 aromatic carbocycles. The van der Waals surface area contributed by atoms with E-state index < -0.39 is 5.41 Å². The van der Waals surface area contributed by atoms with Crippen molar-refractivity contribution in [1.82, 2.24) is 16.0 Å². The van der Waals surface area contributed by atoms with Gasteiger partial charge >= 0.3 is 0 Å². The number of rotatable bonds is 6. The fourth-order valence-electron chi connectivity index (χ4n) is 2.09. The number of aryl methyl sites for hydroxylation is 1. The Hall–Kier alpha value is -1.38. The van der Waals surface area contributed by atoms with E-state index in [0.717, 1.165) is 12.1 Å². The summed E-state index contributed by atoms with van der Waals surface area (Å²) in [6.45, 7) is 13.0. The molecule has 0 spiro atoms. The van der Waals surface area contributed by atoms with Gasteiger partial charge in [0.25, 0.3) is 0 Å². The molecule has 1 unspecified atom stereocenters. The molecule has 148 valence electrons. The van der Waals surface area contributed by atoms with Gasteiger partial charge in [-0.05, 0) is 38.0 Å². The van der Waals surface area contributed by atoms with Gasteiger partial charge in [0.05, 0.1) is 12.6 Å². The zero-order valence-corrected chi connectivity index (χ0v) is 18.9. The lowest BCUT2D eigenvalue weighted by molar-refractivity contribution is -0.128. The van der Waals surface area contributed by atoms with Crippen molar-refractivity contribution >= 4 is 35.8 Å². The highest BCUT2D eigenvalue weighted by molar-refractivity contribution is 14.0. The van der Waals surface area contributed by atoms with E-state index in [0.29, 0.717) is 24.6 Å². The van der Waals surface area contributed by atoms with E-state index in [1.807, 2.05) is 40.7 Å².